The summed E-state index contributed by atoms with van der Waals surface area (Å²) >= 11 is 1.95. The molecule has 372 valence electrons. The molecule has 8 rings (SSSR count). The molecule has 3 heterocycles. The SMILES string of the molecule is COc1ccc(CN(Cc2ccc(OC)cc2)S(=O)(=O)c2c(S(=O)(=O)NC3CC(CN4C(=O)c5ccccc5C4=O)N(C(=O)OC(C)(C)C)C3)ccc(I)c2-c2nnnn2Cc2ccc(OC)cc2)cc1. The number of ether oxygens (including phenoxy) is 4. The molecule has 3 amide bonds. The first kappa shape index (κ1) is 50.9. The largest absolute Gasteiger partial charge is 0.497 e. The summed E-state index contributed by atoms with van der Waals surface area (Å²) in [5.74, 6) is 0.562. The van der Waals surface area contributed by atoms with Crippen molar-refractivity contribution in [3.8, 4) is 28.6 Å². The molecule has 22 heteroatoms. The Kier molecular flexibility index (Phi) is 14.8. The first-order valence-corrected chi connectivity index (χ1v) is 26.3. The molecule has 2 unspecified atom stereocenters. The highest BCUT2D eigenvalue weighted by atomic mass is 127. The summed E-state index contributed by atoms with van der Waals surface area (Å²) in [6, 6.07) is 27.9. The van der Waals surface area contributed by atoms with Crippen molar-refractivity contribution in [1.29, 1.82) is 0 Å². The molecule has 2 atom stereocenters. The number of fused-ring (bicyclic) bond motifs is 1. The molecule has 0 bridgehead atoms. The molecule has 1 fully saturated rings. The summed E-state index contributed by atoms with van der Waals surface area (Å²) in [5.41, 5.74) is 1.26. The van der Waals surface area contributed by atoms with Gasteiger partial charge in [-0.1, -0.05) is 48.5 Å². The maximum absolute atomic E-state index is 15.9. The van der Waals surface area contributed by atoms with Gasteiger partial charge in [-0.2, -0.15) is 4.31 Å². The van der Waals surface area contributed by atoms with Crippen LogP contribution in [0.5, 0.6) is 17.2 Å². The van der Waals surface area contributed by atoms with Gasteiger partial charge in [-0.25, -0.2) is 31.0 Å². The van der Waals surface area contributed by atoms with E-state index in [1.165, 1.54) is 40.2 Å². The molecule has 6 aromatic rings. The second-order valence-corrected chi connectivity index (χ2v) is 22.6. The normalized spacial score (nSPS) is 16.1. The lowest BCUT2D eigenvalue weighted by molar-refractivity contribution is 0.0189. The number of aromatic nitrogens is 4. The Labute approximate surface area is 425 Å². The van der Waals surface area contributed by atoms with E-state index in [0.717, 1.165) is 10.5 Å². The molecule has 5 aromatic carbocycles. The Morgan fingerprint density at radius 3 is 1.79 bits per heavy atom. The lowest BCUT2D eigenvalue weighted by atomic mass is 10.1. The highest BCUT2D eigenvalue weighted by Crippen LogP contribution is 2.39. The van der Waals surface area contributed by atoms with Crippen molar-refractivity contribution in [2.24, 2.45) is 0 Å². The Hall–Kier alpha value is -6.47. The molecule has 0 saturated carbocycles. The number of tetrazole rings is 1. The van der Waals surface area contributed by atoms with Crippen LogP contribution in [0, 0.1) is 3.57 Å². The fourth-order valence-corrected chi connectivity index (χ4v) is 13.0. The minimum atomic E-state index is -4.91. The number of hydrogen-bond donors (Lipinski definition) is 1. The van der Waals surface area contributed by atoms with E-state index >= 15 is 16.8 Å². The molecule has 0 radical (unpaired) electrons. The van der Waals surface area contributed by atoms with E-state index in [9.17, 15) is 14.4 Å². The van der Waals surface area contributed by atoms with Gasteiger partial charge < -0.3 is 23.8 Å². The van der Waals surface area contributed by atoms with E-state index in [4.69, 9.17) is 18.9 Å². The van der Waals surface area contributed by atoms with Crippen molar-refractivity contribution in [3.63, 3.8) is 0 Å². The summed E-state index contributed by atoms with van der Waals surface area (Å²) in [4.78, 5) is 42.1. The third-order valence-electron chi connectivity index (χ3n) is 11.9. The molecule has 19 nitrogen and oxygen atoms in total. The van der Waals surface area contributed by atoms with Gasteiger partial charge >= 0.3 is 6.09 Å². The Bertz CT molecular complexity index is 3100. The summed E-state index contributed by atoms with van der Waals surface area (Å²) in [6.07, 6.45) is -0.871. The minimum Gasteiger partial charge on any atom is -0.497 e. The summed E-state index contributed by atoms with van der Waals surface area (Å²) in [5, 5.41) is 12.5. The predicted molar refractivity (Wildman–Crippen MR) is 268 cm³/mol. The molecule has 2 aliphatic heterocycles. The number of nitrogens with one attached hydrogen (secondary N) is 1. The van der Waals surface area contributed by atoms with Crippen LogP contribution in [-0.2, 0) is 44.4 Å². The smallest absolute Gasteiger partial charge is 0.410 e. The second kappa shape index (κ2) is 20.7. The fourth-order valence-electron chi connectivity index (χ4n) is 8.45. The molecule has 1 aromatic heterocycles. The van der Waals surface area contributed by atoms with Gasteiger partial charge in [-0.15, -0.1) is 5.10 Å². The Balaban J connectivity index is 1.23. The fraction of sp³-hybridized carbons (Fsp3) is 0.306. The topological polar surface area (TPSA) is 222 Å². The van der Waals surface area contributed by atoms with Crippen LogP contribution in [-0.4, -0.2) is 121 Å². The average Bonchev–Trinajstić information content (AvgIpc) is 4.04. The van der Waals surface area contributed by atoms with Crippen LogP contribution in [0.25, 0.3) is 11.4 Å². The second-order valence-electron chi connectivity index (χ2n) is 17.8. The lowest BCUT2D eigenvalue weighted by Gasteiger charge is -2.30. The number of carbonyl (C=O) groups is 3. The van der Waals surface area contributed by atoms with Gasteiger partial charge in [-0.3, -0.25) is 14.5 Å². The number of likely N-dealkylation sites (tertiary alicyclic amines) is 1. The van der Waals surface area contributed by atoms with E-state index in [1.807, 2.05) is 22.6 Å². The maximum atomic E-state index is 15.9. The molecule has 0 spiro atoms. The first-order chi connectivity index (χ1) is 33.8. The van der Waals surface area contributed by atoms with Crippen molar-refractivity contribution in [2.45, 2.75) is 74.3 Å². The third-order valence-corrected chi connectivity index (χ3v) is 16.3. The van der Waals surface area contributed by atoms with Crippen LogP contribution in [0.15, 0.2) is 119 Å². The number of hydrogen-bond acceptors (Lipinski definition) is 14. The average molecular weight is 1120 g/mol. The van der Waals surface area contributed by atoms with Gasteiger partial charge in [0.2, 0.25) is 20.0 Å². The zero-order valence-electron chi connectivity index (χ0n) is 39.6. The van der Waals surface area contributed by atoms with Crippen molar-refractivity contribution >= 4 is 60.5 Å². The first-order valence-electron chi connectivity index (χ1n) is 22.3. The summed E-state index contributed by atoms with van der Waals surface area (Å²) in [6.45, 7) is 4.17. The molecule has 71 heavy (non-hydrogen) atoms. The Morgan fingerprint density at radius 1 is 0.761 bits per heavy atom. The van der Waals surface area contributed by atoms with Gasteiger partial charge in [0, 0.05) is 35.8 Å². The monoisotopic (exact) mass is 1120 g/mol. The van der Waals surface area contributed by atoms with Crippen molar-refractivity contribution in [3.05, 3.63) is 141 Å². The molecule has 1 N–H and O–H groups in total. The van der Waals surface area contributed by atoms with Crippen LogP contribution in [0.4, 0.5) is 4.79 Å². The number of methoxy groups -OCH3 is 3. The molecule has 0 aliphatic carbocycles. The summed E-state index contributed by atoms with van der Waals surface area (Å²) in [7, 11) is -5.21. The van der Waals surface area contributed by atoms with Gasteiger partial charge in [0.25, 0.3) is 11.8 Å². The van der Waals surface area contributed by atoms with Gasteiger partial charge in [0.1, 0.15) is 32.6 Å². The van der Waals surface area contributed by atoms with Gasteiger partial charge in [0.05, 0.1) is 50.6 Å². The van der Waals surface area contributed by atoms with E-state index in [1.54, 1.807) is 125 Å². The standard InChI is InChI=1S/C49H51IN8O11S2/c1-49(2,3)69-48(61)56-29-34(25-35(56)30-57-46(59)39-9-7-8-10-40(39)47(57)60)52-70(62,63)42-24-23-41(50)43(45-51-53-54-58(45)28-33-15-21-38(68-6)22-16-33)44(42)71(64,65)55(26-31-11-17-36(66-4)18-12-31)27-32-13-19-37(67-5)20-14-32/h7-24,34-35,52H,25-30H2,1-6H3. The quantitative estimate of drug-likeness (QED) is 0.0776. The molecular formula is C49H51IN8O11S2. The highest BCUT2D eigenvalue weighted by Gasteiger charge is 2.45. The van der Waals surface area contributed by atoms with Crippen molar-refractivity contribution in [2.75, 3.05) is 34.4 Å². The van der Waals surface area contributed by atoms with Gasteiger partial charge in [0.15, 0.2) is 5.82 Å². The zero-order chi connectivity index (χ0) is 50.8. The number of benzene rings is 5. The number of rotatable bonds is 17. The Morgan fingerprint density at radius 2 is 1.28 bits per heavy atom. The number of nitrogens with zero attached hydrogens (tertiary/aromatic N) is 7. The third kappa shape index (κ3) is 11.1. The van der Waals surface area contributed by atoms with Crippen molar-refractivity contribution in [1.82, 2.24) is 39.0 Å². The van der Waals surface area contributed by atoms with E-state index in [2.05, 4.69) is 20.2 Å². The van der Waals surface area contributed by atoms with E-state index < -0.39 is 65.4 Å². The number of amides is 3. The molecule has 1 saturated heterocycles. The number of carbonyl (C=O) groups excluding carboxylic acids is 3. The minimum absolute atomic E-state index is 0.0346. The van der Waals surface area contributed by atoms with E-state index in [0.29, 0.717) is 31.9 Å². The molecular weight excluding hydrogens is 1070 g/mol. The number of imide groups is 1. The van der Waals surface area contributed by atoms with Crippen molar-refractivity contribution < 1.29 is 50.2 Å². The van der Waals surface area contributed by atoms with Crippen LogP contribution in [0.3, 0.4) is 0 Å². The van der Waals surface area contributed by atoms with Gasteiger partial charge in [-0.05, 0) is 138 Å². The number of halogens is 1. The van der Waals surface area contributed by atoms with Crippen LogP contribution in [0.1, 0.15) is 64.6 Å². The van der Waals surface area contributed by atoms with Crippen LogP contribution < -0.4 is 18.9 Å². The van der Waals surface area contributed by atoms with E-state index in [-0.39, 0.29) is 61.7 Å². The maximum Gasteiger partial charge on any atom is 0.410 e. The zero-order valence-corrected chi connectivity index (χ0v) is 43.4. The van der Waals surface area contributed by atoms with Crippen LogP contribution >= 0.6 is 22.6 Å². The summed E-state index contributed by atoms with van der Waals surface area (Å²) < 4.78 is 89.8. The molecule has 2 aliphatic rings. The predicted octanol–water partition coefficient (Wildman–Crippen LogP) is 6.36. The highest BCUT2D eigenvalue weighted by molar-refractivity contribution is 14.1. The number of sulfonamides is 2. The van der Waals surface area contributed by atoms with Crippen LogP contribution in [0.2, 0.25) is 0 Å². The lowest BCUT2D eigenvalue weighted by Crippen LogP contribution is -2.46.